The molecular formula is CH5NaOS. The molecule has 4 heavy (non-hydrogen) atoms. The first-order chi connectivity index (χ1) is 1.41. The minimum absolute atomic E-state index is 0. The van der Waals surface area contributed by atoms with Crippen molar-refractivity contribution < 1.29 is 5.11 Å². The van der Waals surface area contributed by atoms with Crippen LogP contribution in [-0.4, -0.2) is 40.6 Å². The molecule has 0 fully saturated rings. The van der Waals surface area contributed by atoms with Crippen LogP contribution in [-0.2, 0) is 0 Å². The molecule has 0 amide bonds. The molecular weight excluding hydrogens is 83.1 g/mol. The molecule has 0 bridgehead atoms. The number of hydrogen-bond donors (Lipinski definition) is 2. The van der Waals surface area contributed by atoms with Crippen molar-refractivity contribution in [1.29, 1.82) is 0 Å². The fraction of sp³-hybridized carbons (Fsp3) is 1.00. The normalized spacial score (nSPS) is 4.50. The molecule has 0 spiro atoms. The zero-order valence-electron chi connectivity index (χ0n) is 1.60. The Kier molecular flexibility index (Phi) is 19.9. The van der Waals surface area contributed by atoms with E-state index >= 15 is 0 Å². The Morgan fingerprint density at radius 1 is 1.75 bits per heavy atom. The fourth-order valence-corrected chi connectivity index (χ4v) is 0. The van der Waals surface area contributed by atoms with Crippen LogP contribution < -0.4 is 0 Å². The number of aliphatic hydroxyl groups is 1. The van der Waals surface area contributed by atoms with Gasteiger partial charge in [0.25, 0.3) is 0 Å². The van der Waals surface area contributed by atoms with Gasteiger partial charge in [-0.3, -0.25) is 0 Å². The number of aliphatic hydroxyl groups excluding tert-OH is 1. The Labute approximate surface area is 53.1 Å². The summed E-state index contributed by atoms with van der Waals surface area (Å²) in [6.07, 6.45) is 0. The molecule has 0 unspecified atom stereocenters. The van der Waals surface area contributed by atoms with Crippen molar-refractivity contribution in [2.24, 2.45) is 0 Å². The van der Waals surface area contributed by atoms with E-state index in [-0.39, 0.29) is 35.5 Å². The Bertz CT molecular complexity index is 8.00. The SMILES string of the molecule is OCS.[NaH]. The second kappa shape index (κ2) is 8.85. The average molecular weight is 88.1 g/mol. The maximum absolute atomic E-state index is 7.43. The van der Waals surface area contributed by atoms with Gasteiger partial charge in [0.05, 0.1) is 5.94 Å². The topological polar surface area (TPSA) is 20.2 Å². The van der Waals surface area contributed by atoms with Crippen LogP contribution in [0.5, 0.6) is 0 Å². The van der Waals surface area contributed by atoms with Crippen molar-refractivity contribution in [2.75, 3.05) is 5.94 Å². The van der Waals surface area contributed by atoms with Crippen LogP contribution in [0.15, 0.2) is 0 Å². The molecule has 0 radical (unpaired) electrons. The van der Waals surface area contributed by atoms with Gasteiger partial charge in [-0.1, -0.05) is 0 Å². The van der Waals surface area contributed by atoms with E-state index in [9.17, 15) is 0 Å². The standard InChI is InChI=1S/CH4OS.Na.H/c2-1-3;;/h2-3H,1H2;;. The molecule has 0 saturated carbocycles. The summed E-state index contributed by atoms with van der Waals surface area (Å²) in [5.74, 6) is -0.0556. The van der Waals surface area contributed by atoms with Crippen LogP contribution in [0.2, 0.25) is 0 Å². The van der Waals surface area contributed by atoms with E-state index in [2.05, 4.69) is 12.6 Å². The van der Waals surface area contributed by atoms with Crippen LogP contribution in [0.3, 0.4) is 0 Å². The summed E-state index contributed by atoms with van der Waals surface area (Å²) < 4.78 is 0. The molecule has 22 valence electrons. The maximum atomic E-state index is 7.43. The first-order valence-corrected chi connectivity index (χ1v) is 1.26. The van der Waals surface area contributed by atoms with E-state index < -0.39 is 0 Å². The van der Waals surface area contributed by atoms with Gasteiger partial charge >= 0.3 is 29.6 Å². The quantitative estimate of drug-likeness (QED) is 0.226. The summed E-state index contributed by atoms with van der Waals surface area (Å²) in [4.78, 5) is 0. The molecule has 3 heteroatoms. The van der Waals surface area contributed by atoms with E-state index in [1.165, 1.54) is 0 Å². The third-order valence-electron chi connectivity index (χ3n) is 0. The van der Waals surface area contributed by atoms with Crippen LogP contribution in [0, 0.1) is 0 Å². The molecule has 0 aliphatic heterocycles. The predicted octanol–water partition coefficient (Wildman–Crippen LogP) is -0.782. The third kappa shape index (κ3) is 10.3. The van der Waals surface area contributed by atoms with Crippen molar-refractivity contribution >= 4 is 42.2 Å². The number of hydrogen-bond acceptors (Lipinski definition) is 2. The van der Waals surface area contributed by atoms with Gasteiger partial charge in [0.2, 0.25) is 0 Å². The molecule has 0 rings (SSSR count). The van der Waals surface area contributed by atoms with Gasteiger partial charge in [0.1, 0.15) is 0 Å². The number of rotatable bonds is 0. The molecule has 0 aromatic heterocycles. The summed E-state index contributed by atoms with van der Waals surface area (Å²) in [5, 5.41) is 7.43. The van der Waals surface area contributed by atoms with Gasteiger partial charge in [-0.25, -0.2) is 0 Å². The van der Waals surface area contributed by atoms with Crippen LogP contribution in [0.4, 0.5) is 0 Å². The van der Waals surface area contributed by atoms with Gasteiger partial charge < -0.3 is 5.11 Å². The second-order valence-electron chi connectivity index (χ2n) is 0.141. The Hall–Kier alpha value is 1.31. The molecule has 0 aromatic carbocycles. The van der Waals surface area contributed by atoms with Gasteiger partial charge in [-0.2, -0.15) is 12.6 Å². The van der Waals surface area contributed by atoms with E-state index in [0.717, 1.165) is 0 Å². The minimum atomic E-state index is -0.0556. The second-order valence-corrected chi connectivity index (χ2v) is 0.424. The van der Waals surface area contributed by atoms with Gasteiger partial charge in [-0.15, -0.1) is 0 Å². The zero-order valence-corrected chi connectivity index (χ0v) is 2.50. The predicted molar refractivity (Wildman–Crippen MR) is 23.2 cm³/mol. The molecule has 1 nitrogen and oxygen atoms in total. The van der Waals surface area contributed by atoms with E-state index in [4.69, 9.17) is 5.11 Å². The van der Waals surface area contributed by atoms with Crippen molar-refractivity contribution in [2.45, 2.75) is 0 Å². The van der Waals surface area contributed by atoms with E-state index in [1.807, 2.05) is 0 Å². The number of thiol groups is 1. The average Bonchev–Trinajstić information content (AvgIpc) is 0.918. The Morgan fingerprint density at radius 2 is 1.75 bits per heavy atom. The van der Waals surface area contributed by atoms with Gasteiger partial charge in [0, 0.05) is 0 Å². The van der Waals surface area contributed by atoms with Crippen LogP contribution in [0.25, 0.3) is 0 Å². The summed E-state index contributed by atoms with van der Waals surface area (Å²) in [6, 6.07) is 0. The van der Waals surface area contributed by atoms with Crippen molar-refractivity contribution in [3.8, 4) is 0 Å². The van der Waals surface area contributed by atoms with Crippen LogP contribution in [0.1, 0.15) is 0 Å². The fourth-order valence-electron chi connectivity index (χ4n) is 0. The monoisotopic (exact) mass is 88.0 g/mol. The first-order valence-electron chi connectivity index (χ1n) is 0.632. The molecule has 0 aliphatic carbocycles. The third-order valence-corrected chi connectivity index (χ3v) is 0. The first kappa shape index (κ1) is 9.00. The molecule has 1 N–H and O–H groups in total. The van der Waals surface area contributed by atoms with Gasteiger partial charge in [0.15, 0.2) is 0 Å². The zero-order chi connectivity index (χ0) is 2.71. The van der Waals surface area contributed by atoms with E-state index in [0.29, 0.717) is 0 Å². The van der Waals surface area contributed by atoms with E-state index in [1.54, 1.807) is 0 Å². The Balaban J connectivity index is 0. The summed E-state index contributed by atoms with van der Waals surface area (Å²) >= 11 is 3.34. The van der Waals surface area contributed by atoms with Crippen molar-refractivity contribution in [3.63, 3.8) is 0 Å². The Morgan fingerprint density at radius 3 is 1.75 bits per heavy atom. The van der Waals surface area contributed by atoms with Crippen molar-refractivity contribution in [3.05, 3.63) is 0 Å². The molecule has 0 saturated heterocycles. The van der Waals surface area contributed by atoms with Crippen molar-refractivity contribution in [1.82, 2.24) is 0 Å². The molecule has 0 atom stereocenters. The van der Waals surface area contributed by atoms with Crippen LogP contribution >= 0.6 is 12.6 Å². The summed E-state index contributed by atoms with van der Waals surface area (Å²) in [7, 11) is 0. The molecule has 0 aliphatic rings. The summed E-state index contributed by atoms with van der Waals surface area (Å²) in [6.45, 7) is 0. The molecule has 0 heterocycles. The summed E-state index contributed by atoms with van der Waals surface area (Å²) in [5.41, 5.74) is 0. The molecule has 0 aromatic rings. The van der Waals surface area contributed by atoms with Gasteiger partial charge in [-0.05, 0) is 0 Å².